The number of aromatic nitrogens is 1. The highest BCUT2D eigenvalue weighted by atomic mass is 35.5. The van der Waals surface area contributed by atoms with Crippen LogP contribution in [-0.4, -0.2) is 22.7 Å². The monoisotopic (exact) mass is 502 g/mol. The summed E-state index contributed by atoms with van der Waals surface area (Å²) in [6, 6.07) is 18.7. The third-order valence-electron chi connectivity index (χ3n) is 7.37. The van der Waals surface area contributed by atoms with Gasteiger partial charge in [-0.2, -0.15) is 0 Å². The molecule has 2 aliphatic heterocycles. The molecule has 2 atom stereocenters. The molecule has 0 radical (unpaired) electrons. The van der Waals surface area contributed by atoms with E-state index < -0.39 is 0 Å². The van der Waals surface area contributed by atoms with E-state index in [-0.39, 0.29) is 17.6 Å². The van der Waals surface area contributed by atoms with Gasteiger partial charge in [-0.1, -0.05) is 42.8 Å². The number of hydrogen-bond donors (Lipinski definition) is 1. The van der Waals surface area contributed by atoms with Gasteiger partial charge in [-0.25, -0.2) is 0 Å². The topological polar surface area (TPSA) is 31.4 Å². The number of benzene rings is 2. The van der Waals surface area contributed by atoms with Gasteiger partial charge in [-0.05, 0) is 92.5 Å². The average molecular weight is 503 g/mol. The van der Waals surface area contributed by atoms with Crippen molar-refractivity contribution in [3.8, 4) is 0 Å². The summed E-state index contributed by atoms with van der Waals surface area (Å²) in [5.41, 5.74) is 7.83. The molecule has 0 aliphatic carbocycles. The third kappa shape index (κ3) is 4.11. The lowest BCUT2D eigenvalue weighted by molar-refractivity contribution is 0.567. The van der Waals surface area contributed by atoms with E-state index in [1.807, 2.05) is 24.4 Å². The summed E-state index contributed by atoms with van der Waals surface area (Å²) in [7, 11) is 2.13. The number of hydrogen-bond acceptors (Lipinski definition) is 3. The number of nitrogens with one attached hydrogen (secondary N) is 1. The molecular formula is C29H31ClN4S. The summed E-state index contributed by atoms with van der Waals surface area (Å²) in [5, 5.41) is 4.95. The Hall–Kier alpha value is -2.89. The van der Waals surface area contributed by atoms with E-state index in [1.165, 1.54) is 16.7 Å². The maximum absolute atomic E-state index is 7.08. The SMILES string of the molecule is CCc1ccc(N2C(=S)N[C@H](c3ccccn3)[C@@H]2c2cc3c(cc2Cl)N(C)C(C)(C)C=C3C)cc1. The molecule has 3 heterocycles. The summed E-state index contributed by atoms with van der Waals surface area (Å²) >= 11 is 13.0. The van der Waals surface area contributed by atoms with E-state index >= 15 is 0 Å². The lowest BCUT2D eigenvalue weighted by Crippen LogP contribution is -2.42. The van der Waals surface area contributed by atoms with Crippen molar-refractivity contribution in [3.05, 3.63) is 94.3 Å². The lowest BCUT2D eigenvalue weighted by atomic mass is 9.86. The average Bonchev–Trinajstić information content (AvgIpc) is 3.19. The van der Waals surface area contributed by atoms with Crippen LogP contribution in [0.15, 0.2) is 66.9 Å². The van der Waals surface area contributed by atoms with Crippen molar-refractivity contribution in [1.29, 1.82) is 0 Å². The minimum absolute atomic E-state index is 0.0814. The quantitative estimate of drug-likeness (QED) is 0.384. The number of nitrogens with zero attached hydrogens (tertiary/aromatic N) is 3. The number of allylic oxidation sites excluding steroid dienone is 1. The van der Waals surface area contributed by atoms with Gasteiger partial charge in [0, 0.05) is 35.2 Å². The summed E-state index contributed by atoms with van der Waals surface area (Å²) < 4.78 is 0. The summed E-state index contributed by atoms with van der Waals surface area (Å²) in [6.45, 7) is 8.79. The largest absolute Gasteiger partial charge is 0.365 e. The van der Waals surface area contributed by atoms with Crippen LogP contribution >= 0.6 is 23.8 Å². The minimum Gasteiger partial charge on any atom is -0.365 e. The first-order chi connectivity index (χ1) is 16.7. The fourth-order valence-corrected chi connectivity index (χ4v) is 5.87. The van der Waals surface area contributed by atoms with Crippen LogP contribution in [0.3, 0.4) is 0 Å². The van der Waals surface area contributed by atoms with Gasteiger partial charge in [-0.3, -0.25) is 4.98 Å². The Morgan fingerprint density at radius 1 is 1.11 bits per heavy atom. The van der Waals surface area contributed by atoms with Crippen LogP contribution in [0.25, 0.3) is 5.57 Å². The number of halogens is 1. The van der Waals surface area contributed by atoms with Gasteiger partial charge in [-0.15, -0.1) is 0 Å². The Morgan fingerprint density at radius 2 is 1.86 bits per heavy atom. The van der Waals surface area contributed by atoms with Gasteiger partial charge in [0.05, 0.1) is 23.3 Å². The molecule has 1 N–H and O–H groups in total. The number of likely N-dealkylation sites (N-methyl/N-ethyl adjacent to an activating group) is 1. The van der Waals surface area contributed by atoms with E-state index in [2.05, 4.69) is 97.3 Å². The van der Waals surface area contributed by atoms with Gasteiger partial charge >= 0.3 is 0 Å². The zero-order valence-corrected chi connectivity index (χ0v) is 22.4. The van der Waals surface area contributed by atoms with Crippen molar-refractivity contribution in [3.63, 3.8) is 0 Å². The van der Waals surface area contributed by atoms with Crippen molar-refractivity contribution >= 4 is 45.9 Å². The fraction of sp³-hybridized carbons (Fsp3) is 0.310. The molecule has 1 fully saturated rings. The normalized spacial score (nSPS) is 21.0. The lowest BCUT2D eigenvalue weighted by Gasteiger charge is -2.41. The number of anilines is 2. The van der Waals surface area contributed by atoms with Crippen molar-refractivity contribution in [1.82, 2.24) is 10.3 Å². The number of thiocarbonyl (C=S) groups is 1. The summed E-state index contributed by atoms with van der Waals surface area (Å²) in [5.74, 6) is 0. The maximum Gasteiger partial charge on any atom is 0.174 e. The second-order valence-electron chi connectivity index (χ2n) is 9.95. The maximum atomic E-state index is 7.08. The molecule has 0 spiro atoms. The van der Waals surface area contributed by atoms with Crippen LogP contribution in [0, 0.1) is 0 Å². The Kier molecular flexibility index (Phi) is 6.10. The highest BCUT2D eigenvalue weighted by Gasteiger charge is 2.42. The molecule has 3 aromatic rings. The Labute approximate surface area is 218 Å². The smallest absolute Gasteiger partial charge is 0.174 e. The van der Waals surface area contributed by atoms with Crippen molar-refractivity contribution in [2.45, 2.75) is 51.7 Å². The molecule has 2 aromatic carbocycles. The van der Waals surface area contributed by atoms with E-state index in [0.29, 0.717) is 5.11 Å². The Balaban J connectivity index is 1.68. The molecule has 2 aliphatic rings. The second kappa shape index (κ2) is 8.96. The molecule has 35 heavy (non-hydrogen) atoms. The van der Waals surface area contributed by atoms with E-state index in [1.54, 1.807) is 0 Å². The standard InChI is InChI=1S/C29H31ClN4S/c1-6-19-10-12-20(13-11-19)34-27(26(32-28(34)35)24-9-7-8-14-31-24)22-15-21-18(2)17-29(3,4)33(5)25(21)16-23(22)30/h7-17,26-27H,6H2,1-5H3,(H,32,35)/t26-,27+/m1/s1. The zero-order valence-electron chi connectivity index (χ0n) is 20.8. The molecule has 1 aromatic heterocycles. The number of pyridine rings is 1. The highest BCUT2D eigenvalue weighted by Crippen LogP contribution is 2.47. The molecule has 4 nitrogen and oxygen atoms in total. The molecule has 6 heteroatoms. The number of aryl methyl sites for hydroxylation is 1. The van der Waals surface area contributed by atoms with Gasteiger partial charge in [0.2, 0.25) is 0 Å². The van der Waals surface area contributed by atoms with Crippen LogP contribution in [-0.2, 0) is 6.42 Å². The zero-order chi connectivity index (χ0) is 24.9. The third-order valence-corrected chi connectivity index (χ3v) is 8.02. The Morgan fingerprint density at radius 3 is 2.51 bits per heavy atom. The summed E-state index contributed by atoms with van der Waals surface area (Å²) in [4.78, 5) is 9.16. The molecule has 5 rings (SSSR count). The molecule has 1 saturated heterocycles. The fourth-order valence-electron chi connectivity index (χ4n) is 5.26. The van der Waals surface area contributed by atoms with Crippen LogP contribution in [0.2, 0.25) is 5.02 Å². The van der Waals surface area contributed by atoms with Gasteiger partial charge in [0.15, 0.2) is 5.11 Å². The van der Waals surface area contributed by atoms with Crippen LogP contribution < -0.4 is 15.1 Å². The first-order valence-corrected chi connectivity index (χ1v) is 12.9. The van der Waals surface area contributed by atoms with Crippen LogP contribution in [0.5, 0.6) is 0 Å². The summed E-state index contributed by atoms with van der Waals surface area (Å²) in [6.07, 6.45) is 5.14. The van der Waals surface area contributed by atoms with E-state index in [4.69, 9.17) is 23.8 Å². The molecule has 0 bridgehead atoms. The first kappa shape index (κ1) is 23.8. The molecule has 0 amide bonds. The minimum atomic E-state index is -0.143. The van der Waals surface area contributed by atoms with Crippen LogP contribution in [0.1, 0.15) is 62.2 Å². The molecule has 0 unspecified atom stereocenters. The van der Waals surface area contributed by atoms with Crippen molar-refractivity contribution in [2.75, 3.05) is 16.8 Å². The Bertz CT molecular complexity index is 1300. The number of fused-ring (bicyclic) bond motifs is 1. The molecular weight excluding hydrogens is 472 g/mol. The van der Waals surface area contributed by atoms with Crippen LogP contribution in [0.4, 0.5) is 11.4 Å². The first-order valence-electron chi connectivity index (χ1n) is 12.1. The predicted octanol–water partition coefficient (Wildman–Crippen LogP) is 7.11. The second-order valence-corrected chi connectivity index (χ2v) is 10.7. The van der Waals surface area contributed by atoms with Gasteiger partial charge in [0.1, 0.15) is 0 Å². The number of rotatable bonds is 4. The van der Waals surface area contributed by atoms with E-state index in [0.717, 1.165) is 34.1 Å². The molecule has 0 saturated carbocycles. The van der Waals surface area contributed by atoms with Crippen molar-refractivity contribution < 1.29 is 0 Å². The van der Waals surface area contributed by atoms with Gasteiger partial charge in [0.25, 0.3) is 0 Å². The van der Waals surface area contributed by atoms with Gasteiger partial charge < -0.3 is 15.1 Å². The molecule has 180 valence electrons. The predicted molar refractivity (Wildman–Crippen MR) is 151 cm³/mol. The van der Waals surface area contributed by atoms with E-state index in [9.17, 15) is 0 Å². The highest BCUT2D eigenvalue weighted by molar-refractivity contribution is 7.80. The van der Waals surface area contributed by atoms with Crippen molar-refractivity contribution in [2.24, 2.45) is 0 Å².